The van der Waals surface area contributed by atoms with E-state index in [9.17, 15) is 9.59 Å². The van der Waals surface area contributed by atoms with Crippen LogP contribution >= 0.6 is 11.3 Å². The topological polar surface area (TPSA) is 104 Å². The van der Waals surface area contributed by atoms with Crippen molar-refractivity contribution in [3.8, 4) is 5.88 Å². The van der Waals surface area contributed by atoms with Crippen LogP contribution in [0, 0.1) is 0 Å². The number of ether oxygens (including phenoxy) is 2. The molecule has 9 heteroatoms. The van der Waals surface area contributed by atoms with Crippen LogP contribution in [-0.2, 0) is 24.2 Å². The van der Waals surface area contributed by atoms with Gasteiger partial charge in [0.25, 0.3) is 0 Å². The zero-order valence-electron chi connectivity index (χ0n) is 16.8. The first-order valence-corrected chi connectivity index (χ1v) is 10.8. The Bertz CT molecular complexity index is 1360. The Morgan fingerprint density at radius 1 is 1.26 bits per heavy atom. The minimum Gasteiger partial charge on any atom is -0.472 e. The van der Waals surface area contributed by atoms with E-state index in [0.29, 0.717) is 22.7 Å². The van der Waals surface area contributed by atoms with Gasteiger partial charge in [-0.1, -0.05) is 0 Å². The number of aryl methyl sites for hydroxylation is 2. The first kappa shape index (κ1) is 19.5. The average Bonchev–Trinajstić information content (AvgIpc) is 3.33. The number of benzene rings is 1. The normalized spacial score (nSPS) is 12.8. The van der Waals surface area contributed by atoms with Crippen molar-refractivity contribution >= 4 is 44.3 Å². The number of carbonyl (C=O) groups excluding carboxylic acids is 1. The number of nitrogens with zero attached hydrogens (tertiary/aromatic N) is 2. The molecule has 0 aliphatic heterocycles. The van der Waals surface area contributed by atoms with Gasteiger partial charge in [0.05, 0.1) is 12.0 Å². The predicted molar refractivity (Wildman–Crippen MR) is 117 cm³/mol. The van der Waals surface area contributed by atoms with Crippen LogP contribution in [0.5, 0.6) is 5.88 Å². The number of aromatic nitrogens is 2. The fraction of sp³-hybridized carbons (Fsp3) is 0.273. The highest BCUT2D eigenvalue weighted by Gasteiger charge is 2.22. The number of thiophene rings is 1. The van der Waals surface area contributed by atoms with E-state index in [2.05, 4.69) is 15.3 Å². The van der Waals surface area contributed by atoms with Gasteiger partial charge in [0.2, 0.25) is 5.88 Å². The molecule has 1 aliphatic rings. The largest absolute Gasteiger partial charge is 0.472 e. The van der Waals surface area contributed by atoms with Crippen LogP contribution in [0.15, 0.2) is 39.8 Å². The molecule has 3 aromatic heterocycles. The summed E-state index contributed by atoms with van der Waals surface area (Å²) in [4.78, 5) is 34.8. The number of hydrogen-bond acceptors (Lipinski definition) is 8. The number of hydrogen-bond donors (Lipinski definition) is 1. The summed E-state index contributed by atoms with van der Waals surface area (Å²) in [5.74, 6) is 0.534. The average molecular weight is 437 g/mol. The molecule has 8 nitrogen and oxygen atoms in total. The zero-order valence-corrected chi connectivity index (χ0v) is 17.6. The van der Waals surface area contributed by atoms with Crippen molar-refractivity contribution in [3.63, 3.8) is 0 Å². The minimum absolute atomic E-state index is 0.156. The maximum atomic E-state index is 12.1. The third kappa shape index (κ3) is 3.72. The standard InChI is InChI=1S/C22H19N3O5S/c1-2-28-22(27)25-13-6-7-14-12(8-18(26)30-16(14)9-13)10-29-20-19-15-4-3-5-17(15)31-21(19)24-11-23-20/h6-9,11H,2-5,10H2,1H3,(H,25,27). The van der Waals surface area contributed by atoms with E-state index in [4.69, 9.17) is 13.9 Å². The second kappa shape index (κ2) is 7.99. The van der Waals surface area contributed by atoms with Crippen molar-refractivity contribution < 1.29 is 18.7 Å². The SMILES string of the molecule is CCOC(=O)Nc1ccc2c(COc3ncnc4sc5c(c34)CCC5)cc(=O)oc2c1. The minimum atomic E-state index is -0.570. The Kier molecular flexibility index (Phi) is 5.03. The summed E-state index contributed by atoms with van der Waals surface area (Å²) < 4.78 is 16.3. The summed E-state index contributed by atoms with van der Waals surface area (Å²) in [5, 5.41) is 4.30. The van der Waals surface area contributed by atoms with Gasteiger partial charge in [0, 0.05) is 33.6 Å². The summed E-state index contributed by atoms with van der Waals surface area (Å²) in [7, 11) is 0. The van der Waals surface area contributed by atoms with Crippen LogP contribution in [0.4, 0.5) is 10.5 Å². The molecule has 1 N–H and O–H groups in total. The lowest BCUT2D eigenvalue weighted by Gasteiger charge is -2.10. The highest BCUT2D eigenvalue weighted by molar-refractivity contribution is 7.18. The van der Waals surface area contributed by atoms with E-state index >= 15 is 0 Å². The van der Waals surface area contributed by atoms with E-state index < -0.39 is 11.7 Å². The highest BCUT2D eigenvalue weighted by Crippen LogP contribution is 2.40. The lowest BCUT2D eigenvalue weighted by Crippen LogP contribution is -2.13. The molecule has 0 unspecified atom stereocenters. The number of amides is 1. The van der Waals surface area contributed by atoms with Gasteiger partial charge in [-0.05, 0) is 43.9 Å². The van der Waals surface area contributed by atoms with Crippen molar-refractivity contribution in [1.82, 2.24) is 9.97 Å². The van der Waals surface area contributed by atoms with Gasteiger partial charge in [-0.25, -0.2) is 19.6 Å². The zero-order chi connectivity index (χ0) is 21.4. The lowest BCUT2D eigenvalue weighted by atomic mass is 10.1. The van der Waals surface area contributed by atoms with Crippen molar-refractivity contribution in [2.75, 3.05) is 11.9 Å². The van der Waals surface area contributed by atoms with E-state index in [1.54, 1.807) is 36.5 Å². The van der Waals surface area contributed by atoms with Crippen LogP contribution in [0.2, 0.25) is 0 Å². The number of nitrogens with one attached hydrogen (secondary N) is 1. The Labute approximate surface area is 180 Å². The molecule has 31 heavy (non-hydrogen) atoms. The smallest absolute Gasteiger partial charge is 0.411 e. The Morgan fingerprint density at radius 3 is 3.03 bits per heavy atom. The molecule has 0 saturated heterocycles. The quantitative estimate of drug-likeness (QED) is 0.461. The molecule has 3 heterocycles. The maximum Gasteiger partial charge on any atom is 0.411 e. The lowest BCUT2D eigenvalue weighted by molar-refractivity contribution is 0.168. The third-order valence-corrected chi connectivity index (χ3v) is 6.38. The predicted octanol–water partition coefficient (Wildman–Crippen LogP) is 4.43. The summed E-state index contributed by atoms with van der Waals surface area (Å²) in [6.07, 6.45) is 4.15. The van der Waals surface area contributed by atoms with Gasteiger partial charge in [-0.2, -0.15) is 0 Å². The summed E-state index contributed by atoms with van der Waals surface area (Å²) in [5.41, 5.74) is 2.28. The van der Waals surface area contributed by atoms with E-state index in [1.807, 2.05) is 0 Å². The fourth-order valence-corrected chi connectivity index (χ4v) is 5.09. The van der Waals surface area contributed by atoms with Crippen molar-refractivity contribution in [3.05, 3.63) is 57.0 Å². The van der Waals surface area contributed by atoms with Crippen molar-refractivity contribution in [2.24, 2.45) is 0 Å². The summed E-state index contributed by atoms with van der Waals surface area (Å²) in [6, 6.07) is 6.50. The molecule has 1 aliphatic carbocycles. The molecule has 158 valence electrons. The first-order valence-electron chi connectivity index (χ1n) is 10.0. The molecular weight excluding hydrogens is 418 g/mol. The third-order valence-electron chi connectivity index (χ3n) is 5.18. The monoisotopic (exact) mass is 437 g/mol. The van der Waals surface area contributed by atoms with E-state index in [1.165, 1.54) is 22.8 Å². The van der Waals surface area contributed by atoms with Gasteiger partial charge in [-0.3, -0.25) is 5.32 Å². The van der Waals surface area contributed by atoms with Crippen LogP contribution in [-0.4, -0.2) is 22.7 Å². The van der Waals surface area contributed by atoms with Crippen LogP contribution < -0.4 is 15.7 Å². The molecule has 4 aromatic rings. The Morgan fingerprint density at radius 2 is 2.16 bits per heavy atom. The molecule has 0 fully saturated rings. The second-order valence-corrected chi connectivity index (χ2v) is 8.24. The molecular formula is C22H19N3O5S. The first-order chi connectivity index (χ1) is 15.1. The molecule has 5 rings (SSSR count). The molecule has 0 radical (unpaired) electrons. The van der Waals surface area contributed by atoms with Crippen molar-refractivity contribution in [1.29, 1.82) is 0 Å². The number of anilines is 1. The molecule has 0 spiro atoms. The Hall–Kier alpha value is -3.46. The molecule has 0 saturated carbocycles. The number of fused-ring (bicyclic) bond motifs is 4. The number of carbonyl (C=O) groups is 1. The molecule has 0 atom stereocenters. The summed E-state index contributed by atoms with van der Waals surface area (Å²) in [6.45, 7) is 2.14. The molecule has 1 aromatic carbocycles. The molecule has 1 amide bonds. The second-order valence-electron chi connectivity index (χ2n) is 7.15. The number of rotatable bonds is 5. The Balaban J connectivity index is 1.45. The van der Waals surface area contributed by atoms with E-state index in [-0.39, 0.29) is 13.2 Å². The van der Waals surface area contributed by atoms with Gasteiger partial charge < -0.3 is 13.9 Å². The molecule has 0 bridgehead atoms. The van der Waals surface area contributed by atoms with E-state index in [0.717, 1.165) is 34.9 Å². The van der Waals surface area contributed by atoms with Gasteiger partial charge in [0.15, 0.2) is 0 Å². The fourth-order valence-electron chi connectivity index (χ4n) is 3.87. The van der Waals surface area contributed by atoms with Crippen LogP contribution in [0.3, 0.4) is 0 Å². The highest BCUT2D eigenvalue weighted by atomic mass is 32.1. The van der Waals surface area contributed by atoms with Gasteiger partial charge >= 0.3 is 11.7 Å². The van der Waals surface area contributed by atoms with Crippen LogP contribution in [0.25, 0.3) is 21.2 Å². The van der Waals surface area contributed by atoms with Gasteiger partial charge in [-0.15, -0.1) is 11.3 Å². The maximum absolute atomic E-state index is 12.1. The summed E-state index contributed by atoms with van der Waals surface area (Å²) >= 11 is 1.70. The van der Waals surface area contributed by atoms with Gasteiger partial charge in [0.1, 0.15) is 23.3 Å². The van der Waals surface area contributed by atoms with Crippen molar-refractivity contribution in [2.45, 2.75) is 32.8 Å². The van der Waals surface area contributed by atoms with Crippen LogP contribution in [0.1, 0.15) is 29.3 Å².